The molecule has 0 radical (unpaired) electrons. The molecule has 0 aromatic heterocycles. The average molecular weight is 1100 g/mol. The van der Waals surface area contributed by atoms with Crippen molar-refractivity contribution in [1.29, 1.82) is 0 Å². The van der Waals surface area contributed by atoms with Crippen LogP contribution in [-0.2, 0) is 14.3 Å². The van der Waals surface area contributed by atoms with Gasteiger partial charge in [-0.2, -0.15) is 0 Å². The molecule has 0 saturated carbocycles. The van der Waals surface area contributed by atoms with E-state index in [1.54, 1.807) is 6.08 Å². The Morgan fingerprint density at radius 1 is 0.372 bits per heavy atom. The Morgan fingerprint density at radius 2 is 0.641 bits per heavy atom. The topological polar surface area (TPSA) is 116 Å². The van der Waals surface area contributed by atoms with Gasteiger partial charge in [0.2, 0.25) is 5.91 Å². The van der Waals surface area contributed by atoms with Crippen LogP contribution in [0.3, 0.4) is 0 Å². The van der Waals surface area contributed by atoms with Crippen molar-refractivity contribution in [3.05, 3.63) is 12.2 Å². The van der Waals surface area contributed by atoms with E-state index in [9.17, 15) is 24.9 Å². The number of allylic oxidation sites excluding steroid dienone is 1. The van der Waals surface area contributed by atoms with Crippen LogP contribution in [0.2, 0.25) is 0 Å². The number of ether oxygens (including phenoxy) is 1. The van der Waals surface area contributed by atoms with Crippen molar-refractivity contribution in [2.45, 2.75) is 417 Å². The molecule has 78 heavy (non-hydrogen) atoms. The molecule has 0 aliphatic carbocycles. The molecular weight excluding hydrogens is 963 g/mol. The van der Waals surface area contributed by atoms with Crippen LogP contribution in [0.25, 0.3) is 0 Å². The SMILES string of the molecule is CCCCCCCCCCCCC/C=C/C(O)C(CO)NC(=O)CCCCCCCCCCCCCCCCCCCCCCCCCCCCCOC(=O)C(O)CCCCCCCCCCCCCCCCCCCCC. The van der Waals surface area contributed by atoms with Crippen LogP contribution >= 0.6 is 0 Å². The third kappa shape index (κ3) is 60.7. The Labute approximate surface area is 487 Å². The number of unbranched alkanes of at least 4 members (excludes halogenated alkanes) is 55. The van der Waals surface area contributed by atoms with E-state index in [-0.39, 0.29) is 12.5 Å². The summed E-state index contributed by atoms with van der Waals surface area (Å²) in [6.07, 6.45) is 79.3. The Hall–Kier alpha value is -1.44. The minimum absolute atomic E-state index is 0.0668. The largest absolute Gasteiger partial charge is 0.464 e. The molecule has 0 aromatic rings. The Morgan fingerprint density at radius 3 is 0.949 bits per heavy atom. The number of aliphatic hydroxyl groups is 3. The fourth-order valence-corrected chi connectivity index (χ4v) is 11.4. The first kappa shape index (κ1) is 76.6. The molecule has 0 spiro atoms. The number of rotatable bonds is 67. The lowest BCUT2D eigenvalue weighted by molar-refractivity contribution is -0.154. The maximum Gasteiger partial charge on any atom is 0.334 e. The maximum atomic E-state index is 12.5. The lowest BCUT2D eigenvalue weighted by atomic mass is 10.0. The first-order valence-corrected chi connectivity index (χ1v) is 35.6. The lowest BCUT2D eigenvalue weighted by Gasteiger charge is -2.20. The van der Waals surface area contributed by atoms with Crippen LogP contribution in [0.5, 0.6) is 0 Å². The highest BCUT2D eigenvalue weighted by molar-refractivity contribution is 5.76. The molecule has 7 nitrogen and oxygen atoms in total. The van der Waals surface area contributed by atoms with Crippen molar-refractivity contribution in [2.24, 2.45) is 0 Å². The van der Waals surface area contributed by atoms with E-state index in [2.05, 4.69) is 19.2 Å². The summed E-state index contributed by atoms with van der Waals surface area (Å²) in [4.78, 5) is 24.7. The molecule has 0 saturated heterocycles. The summed E-state index contributed by atoms with van der Waals surface area (Å²) in [6, 6.07) is -0.628. The third-order valence-electron chi connectivity index (χ3n) is 16.9. The molecule has 7 heteroatoms. The average Bonchev–Trinajstić information content (AvgIpc) is 3.44. The van der Waals surface area contributed by atoms with Gasteiger partial charge in [0.1, 0.15) is 0 Å². The fraction of sp³-hybridized carbons (Fsp3) is 0.944. The number of carbonyl (C=O) groups excluding carboxylic acids is 2. The number of aliphatic hydroxyl groups excluding tert-OH is 3. The van der Waals surface area contributed by atoms with Crippen LogP contribution in [0.4, 0.5) is 0 Å². The van der Waals surface area contributed by atoms with E-state index < -0.39 is 24.2 Å². The second kappa shape index (κ2) is 66.4. The van der Waals surface area contributed by atoms with Crippen molar-refractivity contribution in [3.8, 4) is 0 Å². The molecule has 1 amide bonds. The lowest BCUT2D eigenvalue weighted by Crippen LogP contribution is -2.45. The third-order valence-corrected chi connectivity index (χ3v) is 16.9. The van der Waals surface area contributed by atoms with Crippen molar-refractivity contribution >= 4 is 11.9 Å². The molecule has 0 aliphatic heterocycles. The van der Waals surface area contributed by atoms with Gasteiger partial charge in [-0.15, -0.1) is 0 Å². The molecule has 3 unspecified atom stereocenters. The van der Waals surface area contributed by atoms with Gasteiger partial charge in [0.25, 0.3) is 0 Å². The van der Waals surface area contributed by atoms with Gasteiger partial charge in [0, 0.05) is 6.42 Å². The summed E-state index contributed by atoms with van der Waals surface area (Å²) in [5.41, 5.74) is 0. The highest BCUT2D eigenvalue weighted by Gasteiger charge is 2.18. The minimum atomic E-state index is -0.946. The van der Waals surface area contributed by atoms with Crippen molar-refractivity contribution in [3.63, 3.8) is 0 Å². The van der Waals surface area contributed by atoms with Crippen LogP contribution in [0, 0.1) is 0 Å². The van der Waals surface area contributed by atoms with Gasteiger partial charge in [-0.25, -0.2) is 4.79 Å². The minimum Gasteiger partial charge on any atom is -0.464 e. The summed E-state index contributed by atoms with van der Waals surface area (Å²) < 4.78 is 5.38. The summed E-state index contributed by atoms with van der Waals surface area (Å²) in [5, 5.41) is 33.4. The Bertz CT molecular complexity index is 1190. The molecule has 3 atom stereocenters. The smallest absolute Gasteiger partial charge is 0.334 e. The highest BCUT2D eigenvalue weighted by Crippen LogP contribution is 2.19. The molecule has 0 bridgehead atoms. The van der Waals surface area contributed by atoms with Gasteiger partial charge in [-0.3, -0.25) is 4.79 Å². The Kier molecular flexibility index (Phi) is 65.1. The van der Waals surface area contributed by atoms with Gasteiger partial charge < -0.3 is 25.4 Å². The molecule has 4 N–H and O–H groups in total. The van der Waals surface area contributed by atoms with E-state index in [0.717, 1.165) is 51.4 Å². The number of esters is 1. The van der Waals surface area contributed by atoms with Crippen LogP contribution in [0.15, 0.2) is 12.2 Å². The summed E-state index contributed by atoms with van der Waals surface area (Å²) >= 11 is 0. The number of amides is 1. The quantitative estimate of drug-likeness (QED) is 0.0274. The standard InChI is InChI=1S/C71H139NO6/c1-3-5-7-9-11-13-15-17-18-19-29-32-35-39-43-47-51-55-59-63-69(75)71(77)78-65-61-57-53-49-45-41-37-34-31-28-26-24-22-20-21-23-25-27-30-33-36-40-44-48-52-56-60-64-70(76)72-67(66-73)68(74)62-58-54-50-46-42-38-16-14-12-10-8-6-4-2/h58,62,67-69,73-75H,3-57,59-61,63-66H2,1-2H3,(H,72,76)/b62-58+. The fourth-order valence-electron chi connectivity index (χ4n) is 11.4. The summed E-state index contributed by atoms with van der Waals surface area (Å²) in [6.45, 7) is 4.76. The molecular formula is C71H139NO6. The maximum absolute atomic E-state index is 12.5. The zero-order valence-electron chi connectivity index (χ0n) is 52.8. The van der Waals surface area contributed by atoms with Crippen LogP contribution < -0.4 is 5.32 Å². The zero-order chi connectivity index (χ0) is 56.6. The second-order valence-electron chi connectivity index (χ2n) is 24.7. The van der Waals surface area contributed by atoms with E-state index >= 15 is 0 Å². The first-order valence-electron chi connectivity index (χ1n) is 35.6. The van der Waals surface area contributed by atoms with Gasteiger partial charge in [-0.1, -0.05) is 373 Å². The molecule has 464 valence electrons. The molecule has 0 fully saturated rings. The normalized spacial score (nSPS) is 12.9. The molecule has 0 aromatic carbocycles. The predicted octanol–water partition coefficient (Wildman–Crippen LogP) is 21.7. The molecule has 0 heterocycles. The highest BCUT2D eigenvalue weighted by atomic mass is 16.5. The predicted molar refractivity (Wildman–Crippen MR) is 339 cm³/mol. The number of hydrogen-bond donors (Lipinski definition) is 4. The van der Waals surface area contributed by atoms with Gasteiger partial charge in [0.05, 0.1) is 25.4 Å². The first-order chi connectivity index (χ1) is 38.5. The molecule has 0 rings (SSSR count). The number of nitrogens with one attached hydrogen (secondary N) is 1. The van der Waals surface area contributed by atoms with Crippen molar-refractivity contribution in [2.75, 3.05) is 13.2 Å². The number of hydrogen-bond acceptors (Lipinski definition) is 6. The van der Waals surface area contributed by atoms with E-state index in [1.165, 1.54) is 321 Å². The summed E-state index contributed by atoms with van der Waals surface area (Å²) in [7, 11) is 0. The van der Waals surface area contributed by atoms with E-state index in [4.69, 9.17) is 4.74 Å². The monoisotopic (exact) mass is 1100 g/mol. The van der Waals surface area contributed by atoms with Gasteiger partial charge >= 0.3 is 5.97 Å². The molecule has 0 aliphatic rings. The van der Waals surface area contributed by atoms with Crippen LogP contribution in [0.1, 0.15) is 399 Å². The van der Waals surface area contributed by atoms with Crippen LogP contribution in [-0.4, -0.2) is 58.7 Å². The summed E-state index contributed by atoms with van der Waals surface area (Å²) in [5.74, 6) is -0.483. The van der Waals surface area contributed by atoms with E-state index in [0.29, 0.717) is 19.4 Å². The van der Waals surface area contributed by atoms with Gasteiger partial charge in [0.15, 0.2) is 6.10 Å². The van der Waals surface area contributed by atoms with E-state index in [1.807, 2.05) is 6.08 Å². The van der Waals surface area contributed by atoms with Gasteiger partial charge in [-0.05, 0) is 32.1 Å². The number of carbonyl (C=O) groups is 2. The second-order valence-corrected chi connectivity index (χ2v) is 24.7. The zero-order valence-corrected chi connectivity index (χ0v) is 52.8. The van der Waals surface area contributed by atoms with Crippen molar-refractivity contribution < 1.29 is 29.6 Å². The van der Waals surface area contributed by atoms with Crippen molar-refractivity contribution in [1.82, 2.24) is 5.32 Å². The Balaban J connectivity index is 3.37.